The summed E-state index contributed by atoms with van der Waals surface area (Å²) in [5.74, 6) is 1.72. The Balaban J connectivity index is 2.15. The highest BCUT2D eigenvalue weighted by Gasteiger charge is 2.50. The number of benzene rings is 1. The molecule has 0 aromatic heterocycles. The van der Waals surface area contributed by atoms with Gasteiger partial charge in [-0.15, -0.1) is 0 Å². The number of nitrogens with one attached hydrogen (secondary N) is 1. The third kappa shape index (κ3) is 3.76. The highest BCUT2D eigenvalue weighted by molar-refractivity contribution is 5.32. The largest absolute Gasteiger partial charge is 0.491 e. The van der Waals surface area contributed by atoms with E-state index in [4.69, 9.17) is 4.74 Å². The average molecular weight is 275 g/mol. The molecule has 0 aliphatic heterocycles. The van der Waals surface area contributed by atoms with Gasteiger partial charge in [-0.2, -0.15) is 0 Å². The van der Waals surface area contributed by atoms with E-state index in [9.17, 15) is 0 Å². The molecule has 1 aliphatic rings. The average Bonchev–Trinajstić information content (AvgIpc) is 2.98. The van der Waals surface area contributed by atoms with Gasteiger partial charge in [0.15, 0.2) is 0 Å². The molecule has 2 unspecified atom stereocenters. The van der Waals surface area contributed by atoms with Crippen LogP contribution < -0.4 is 10.1 Å². The SMILES string of the molecule is CCCNC(c1cccc(OC(C)C)c1)C1CC1(C)C. The van der Waals surface area contributed by atoms with Crippen LogP contribution in [0.4, 0.5) is 0 Å². The smallest absolute Gasteiger partial charge is 0.120 e. The van der Waals surface area contributed by atoms with Crippen LogP contribution in [0.25, 0.3) is 0 Å². The van der Waals surface area contributed by atoms with Crippen LogP contribution in [0.2, 0.25) is 0 Å². The molecule has 2 nitrogen and oxygen atoms in total. The van der Waals surface area contributed by atoms with Crippen molar-refractivity contribution in [2.75, 3.05) is 6.54 Å². The van der Waals surface area contributed by atoms with Crippen molar-refractivity contribution in [1.82, 2.24) is 5.32 Å². The van der Waals surface area contributed by atoms with E-state index in [0.29, 0.717) is 11.5 Å². The van der Waals surface area contributed by atoms with Crippen molar-refractivity contribution >= 4 is 0 Å². The first kappa shape index (κ1) is 15.4. The molecule has 2 rings (SSSR count). The maximum Gasteiger partial charge on any atom is 0.120 e. The van der Waals surface area contributed by atoms with Crippen molar-refractivity contribution in [3.63, 3.8) is 0 Å². The summed E-state index contributed by atoms with van der Waals surface area (Å²) in [6.07, 6.45) is 2.71. The van der Waals surface area contributed by atoms with Crippen LogP contribution in [-0.2, 0) is 0 Å². The van der Waals surface area contributed by atoms with Crippen LogP contribution in [0.1, 0.15) is 59.1 Å². The van der Waals surface area contributed by atoms with Crippen LogP contribution in [0.15, 0.2) is 24.3 Å². The lowest BCUT2D eigenvalue weighted by atomic mass is 9.96. The molecule has 0 spiro atoms. The molecule has 2 atom stereocenters. The molecule has 0 bridgehead atoms. The van der Waals surface area contributed by atoms with Gasteiger partial charge in [-0.1, -0.05) is 32.9 Å². The normalized spacial score (nSPS) is 21.8. The Labute approximate surface area is 123 Å². The Bertz CT molecular complexity index is 439. The van der Waals surface area contributed by atoms with E-state index in [-0.39, 0.29) is 6.10 Å². The van der Waals surface area contributed by atoms with Gasteiger partial charge >= 0.3 is 0 Å². The summed E-state index contributed by atoms with van der Waals surface area (Å²) in [6.45, 7) is 12.2. The molecular weight excluding hydrogens is 246 g/mol. The van der Waals surface area contributed by atoms with Crippen molar-refractivity contribution in [2.45, 2.75) is 59.6 Å². The van der Waals surface area contributed by atoms with E-state index < -0.39 is 0 Å². The van der Waals surface area contributed by atoms with E-state index in [1.165, 1.54) is 18.4 Å². The first-order valence-electron chi connectivity index (χ1n) is 7.94. The van der Waals surface area contributed by atoms with E-state index in [1.54, 1.807) is 0 Å². The number of rotatable bonds is 7. The minimum absolute atomic E-state index is 0.227. The molecular formula is C18H29NO. The van der Waals surface area contributed by atoms with Gasteiger partial charge in [-0.3, -0.25) is 0 Å². The van der Waals surface area contributed by atoms with Gasteiger partial charge < -0.3 is 10.1 Å². The minimum atomic E-state index is 0.227. The quantitative estimate of drug-likeness (QED) is 0.787. The van der Waals surface area contributed by atoms with Crippen LogP contribution >= 0.6 is 0 Å². The summed E-state index contributed by atoms with van der Waals surface area (Å²) >= 11 is 0. The van der Waals surface area contributed by atoms with Crippen molar-refractivity contribution in [3.05, 3.63) is 29.8 Å². The second-order valence-electron chi connectivity index (χ2n) is 6.97. The molecule has 0 saturated heterocycles. The number of hydrogen-bond acceptors (Lipinski definition) is 2. The van der Waals surface area contributed by atoms with Gasteiger partial charge in [-0.05, 0) is 62.3 Å². The van der Waals surface area contributed by atoms with Gasteiger partial charge in [0.2, 0.25) is 0 Å². The molecule has 1 aromatic rings. The lowest BCUT2D eigenvalue weighted by Gasteiger charge is -2.22. The van der Waals surface area contributed by atoms with Crippen LogP contribution in [0, 0.1) is 11.3 Å². The lowest BCUT2D eigenvalue weighted by molar-refractivity contribution is 0.242. The molecule has 0 heterocycles. The van der Waals surface area contributed by atoms with E-state index in [0.717, 1.165) is 18.2 Å². The lowest BCUT2D eigenvalue weighted by Crippen LogP contribution is -2.25. The molecule has 1 fully saturated rings. The summed E-state index contributed by atoms with van der Waals surface area (Å²) in [5, 5.41) is 3.73. The fourth-order valence-corrected chi connectivity index (χ4v) is 2.92. The zero-order valence-corrected chi connectivity index (χ0v) is 13.6. The first-order valence-corrected chi connectivity index (χ1v) is 7.94. The fourth-order valence-electron chi connectivity index (χ4n) is 2.92. The summed E-state index contributed by atoms with van der Waals surface area (Å²) < 4.78 is 5.83. The number of hydrogen-bond donors (Lipinski definition) is 1. The summed E-state index contributed by atoms with van der Waals surface area (Å²) in [4.78, 5) is 0. The molecule has 1 aliphatic carbocycles. The summed E-state index contributed by atoms with van der Waals surface area (Å²) in [6, 6.07) is 9.07. The van der Waals surface area contributed by atoms with Gasteiger partial charge in [0.1, 0.15) is 5.75 Å². The predicted molar refractivity (Wildman–Crippen MR) is 85.1 cm³/mol. The van der Waals surface area contributed by atoms with E-state index in [1.807, 2.05) is 0 Å². The molecule has 2 heteroatoms. The zero-order valence-electron chi connectivity index (χ0n) is 13.6. The van der Waals surface area contributed by atoms with E-state index >= 15 is 0 Å². The second kappa shape index (κ2) is 6.17. The predicted octanol–water partition coefficient (Wildman–Crippen LogP) is 4.56. The topological polar surface area (TPSA) is 21.3 Å². The molecule has 20 heavy (non-hydrogen) atoms. The molecule has 0 amide bonds. The standard InChI is InChI=1S/C18H29NO/c1-6-10-19-17(16-12-18(16,4)5)14-8-7-9-15(11-14)20-13(2)3/h7-9,11,13,16-17,19H,6,10,12H2,1-5H3. The van der Waals surface area contributed by atoms with Crippen molar-refractivity contribution < 1.29 is 4.74 Å². The minimum Gasteiger partial charge on any atom is -0.491 e. The molecule has 112 valence electrons. The Morgan fingerprint density at radius 1 is 1.35 bits per heavy atom. The summed E-state index contributed by atoms with van der Waals surface area (Å²) in [5.41, 5.74) is 1.84. The van der Waals surface area contributed by atoms with Gasteiger partial charge in [0.25, 0.3) is 0 Å². The van der Waals surface area contributed by atoms with E-state index in [2.05, 4.69) is 64.2 Å². The third-order valence-corrected chi connectivity index (χ3v) is 4.20. The molecule has 0 radical (unpaired) electrons. The van der Waals surface area contributed by atoms with Crippen molar-refractivity contribution in [1.29, 1.82) is 0 Å². The molecule has 1 aromatic carbocycles. The Hall–Kier alpha value is -1.02. The van der Waals surface area contributed by atoms with Crippen molar-refractivity contribution in [2.24, 2.45) is 11.3 Å². The Kier molecular flexibility index (Phi) is 4.74. The van der Waals surface area contributed by atoms with Crippen LogP contribution in [0.3, 0.4) is 0 Å². The maximum absolute atomic E-state index is 5.83. The Morgan fingerprint density at radius 3 is 2.60 bits per heavy atom. The van der Waals surface area contributed by atoms with Gasteiger partial charge in [0.05, 0.1) is 6.10 Å². The third-order valence-electron chi connectivity index (χ3n) is 4.20. The zero-order chi connectivity index (χ0) is 14.8. The molecule has 1 saturated carbocycles. The maximum atomic E-state index is 5.83. The Morgan fingerprint density at radius 2 is 2.05 bits per heavy atom. The molecule has 1 N–H and O–H groups in total. The first-order chi connectivity index (χ1) is 9.44. The highest BCUT2D eigenvalue weighted by atomic mass is 16.5. The van der Waals surface area contributed by atoms with Crippen LogP contribution in [0.5, 0.6) is 5.75 Å². The van der Waals surface area contributed by atoms with Gasteiger partial charge in [0, 0.05) is 6.04 Å². The summed E-state index contributed by atoms with van der Waals surface area (Å²) in [7, 11) is 0. The van der Waals surface area contributed by atoms with Crippen molar-refractivity contribution in [3.8, 4) is 5.75 Å². The fraction of sp³-hybridized carbons (Fsp3) is 0.667. The van der Waals surface area contributed by atoms with Gasteiger partial charge in [-0.25, -0.2) is 0 Å². The monoisotopic (exact) mass is 275 g/mol. The van der Waals surface area contributed by atoms with Crippen LogP contribution in [-0.4, -0.2) is 12.6 Å². The number of ether oxygens (including phenoxy) is 1. The highest BCUT2D eigenvalue weighted by Crippen LogP contribution is 2.57. The second-order valence-corrected chi connectivity index (χ2v) is 6.97.